The Bertz CT molecular complexity index is 770. The quantitative estimate of drug-likeness (QED) is 0.727. The van der Waals surface area contributed by atoms with E-state index in [1.807, 2.05) is 29.6 Å². The fraction of sp³-hybridized carbons (Fsp3) is 0.294. The van der Waals surface area contributed by atoms with Gasteiger partial charge in [-0.1, -0.05) is 23.4 Å². The maximum Gasteiger partial charge on any atom is 0.231 e. The first-order chi connectivity index (χ1) is 11.3. The summed E-state index contributed by atoms with van der Waals surface area (Å²) in [5.41, 5.74) is 1.12. The number of rotatable bonds is 4. The van der Waals surface area contributed by atoms with E-state index in [2.05, 4.69) is 15.0 Å². The van der Waals surface area contributed by atoms with E-state index < -0.39 is 0 Å². The number of aromatic nitrogens is 2. The van der Waals surface area contributed by atoms with Crippen molar-refractivity contribution >= 4 is 11.3 Å². The second-order valence-electron chi connectivity index (χ2n) is 5.78. The van der Waals surface area contributed by atoms with Gasteiger partial charge in [0.05, 0.1) is 10.8 Å². The normalized spacial score (nSPS) is 18.6. The molecule has 0 aliphatic carbocycles. The molecule has 0 bridgehead atoms. The predicted octanol–water partition coefficient (Wildman–Crippen LogP) is 3.93. The Morgan fingerprint density at radius 2 is 2.13 bits per heavy atom. The summed E-state index contributed by atoms with van der Waals surface area (Å²) in [6.07, 6.45) is 1.01. The number of likely N-dealkylation sites (tertiary alicyclic amines) is 1. The Balaban J connectivity index is 1.41. The van der Waals surface area contributed by atoms with Crippen molar-refractivity contribution < 1.29 is 8.91 Å². The molecule has 2 aromatic heterocycles. The van der Waals surface area contributed by atoms with Crippen LogP contribution in [0.2, 0.25) is 0 Å². The van der Waals surface area contributed by atoms with Gasteiger partial charge < -0.3 is 4.52 Å². The van der Waals surface area contributed by atoms with E-state index in [0.29, 0.717) is 5.82 Å². The number of benzene rings is 1. The maximum atomic E-state index is 13.0. The minimum atomic E-state index is -0.194. The van der Waals surface area contributed by atoms with Gasteiger partial charge in [0.2, 0.25) is 11.7 Å². The van der Waals surface area contributed by atoms with Crippen molar-refractivity contribution in [2.24, 2.45) is 0 Å². The van der Waals surface area contributed by atoms with Crippen LogP contribution >= 0.6 is 11.3 Å². The number of hydrogen-bond donors (Lipinski definition) is 0. The van der Waals surface area contributed by atoms with E-state index in [1.165, 1.54) is 12.1 Å². The summed E-state index contributed by atoms with van der Waals surface area (Å²) in [6.45, 7) is 2.70. The van der Waals surface area contributed by atoms with Crippen molar-refractivity contribution in [3.05, 3.63) is 59.0 Å². The Morgan fingerprint density at radius 3 is 2.91 bits per heavy atom. The SMILES string of the molecule is Fc1ccc(CN2CCC(c3nc(-c4cccs4)no3)C2)cc1. The second-order valence-corrected chi connectivity index (χ2v) is 6.73. The molecule has 1 fully saturated rings. The van der Waals surface area contributed by atoms with Crippen LogP contribution in [0.25, 0.3) is 10.7 Å². The maximum absolute atomic E-state index is 13.0. The fourth-order valence-corrected chi connectivity index (χ4v) is 3.58. The van der Waals surface area contributed by atoms with Crippen LogP contribution in [0.3, 0.4) is 0 Å². The third kappa shape index (κ3) is 3.18. The lowest BCUT2D eigenvalue weighted by Gasteiger charge is -2.15. The van der Waals surface area contributed by atoms with E-state index in [0.717, 1.165) is 42.4 Å². The Hall–Kier alpha value is -2.05. The molecule has 4 nitrogen and oxygen atoms in total. The lowest BCUT2D eigenvalue weighted by molar-refractivity contribution is 0.309. The molecule has 6 heteroatoms. The molecule has 23 heavy (non-hydrogen) atoms. The largest absolute Gasteiger partial charge is 0.339 e. The molecule has 0 radical (unpaired) electrons. The van der Waals surface area contributed by atoms with Gasteiger partial charge in [-0.15, -0.1) is 11.3 Å². The Morgan fingerprint density at radius 1 is 1.26 bits per heavy atom. The van der Waals surface area contributed by atoms with Gasteiger partial charge in [-0.25, -0.2) is 4.39 Å². The van der Waals surface area contributed by atoms with E-state index in [-0.39, 0.29) is 11.7 Å². The van der Waals surface area contributed by atoms with Gasteiger partial charge in [0.15, 0.2) is 0 Å². The molecule has 1 aliphatic rings. The monoisotopic (exact) mass is 329 g/mol. The summed E-state index contributed by atoms with van der Waals surface area (Å²) >= 11 is 1.61. The average molecular weight is 329 g/mol. The van der Waals surface area contributed by atoms with E-state index in [4.69, 9.17) is 4.52 Å². The van der Waals surface area contributed by atoms with E-state index >= 15 is 0 Å². The number of nitrogens with zero attached hydrogens (tertiary/aromatic N) is 3. The highest BCUT2D eigenvalue weighted by Crippen LogP contribution is 2.29. The molecule has 118 valence electrons. The van der Waals surface area contributed by atoms with Crippen molar-refractivity contribution in [3.63, 3.8) is 0 Å². The van der Waals surface area contributed by atoms with E-state index in [1.54, 1.807) is 11.3 Å². The molecular weight excluding hydrogens is 313 g/mol. The molecule has 1 unspecified atom stereocenters. The molecule has 0 N–H and O–H groups in total. The molecule has 1 aromatic carbocycles. The summed E-state index contributed by atoms with van der Waals surface area (Å²) in [5, 5.41) is 6.09. The predicted molar refractivity (Wildman–Crippen MR) is 86.6 cm³/mol. The van der Waals surface area contributed by atoms with Crippen LogP contribution in [0.15, 0.2) is 46.3 Å². The van der Waals surface area contributed by atoms with Crippen molar-refractivity contribution in [1.82, 2.24) is 15.0 Å². The average Bonchev–Trinajstić information content (AvgIpc) is 3.30. The van der Waals surface area contributed by atoms with Crippen LogP contribution in [0.4, 0.5) is 4.39 Å². The van der Waals surface area contributed by atoms with Crippen LogP contribution in [0.5, 0.6) is 0 Å². The van der Waals surface area contributed by atoms with Crippen LogP contribution in [0, 0.1) is 5.82 Å². The van der Waals surface area contributed by atoms with Gasteiger partial charge in [-0.05, 0) is 42.1 Å². The molecule has 0 amide bonds. The summed E-state index contributed by atoms with van der Waals surface area (Å²) in [6, 6.07) is 10.7. The van der Waals surface area contributed by atoms with Gasteiger partial charge in [0.25, 0.3) is 0 Å². The van der Waals surface area contributed by atoms with Crippen molar-refractivity contribution in [1.29, 1.82) is 0 Å². The fourth-order valence-electron chi connectivity index (χ4n) is 2.93. The van der Waals surface area contributed by atoms with Crippen LogP contribution < -0.4 is 0 Å². The smallest absolute Gasteiger partial charge is 0.231 e. The summed E-state index contributed by atoms with van der Waals surface area (Å²) < 4.78 is 18.4. The zero-order chi connectivity index (χ0) is 15.6. The van der Waals surface area contributed by atoms with Gasteiger partial charge in [0.1, 0.15) is 5.82 Å². The third-order valence-corrected chi connectivity index (χ3v) is 4.99. The Labute approximate surface area is 137 Å². The summed E-state index contributed by atoms with van der Waals surface area (Å²) in [7, 11) is 0. The zero-order valence-electron chi connectivity index (χ0n) is 12.5. The highest BCUT2D eigenvalue weighted by Gasteiger charge is 2.28. The summed E-state index contributed by atoms with van der Waals surface area (Å²) in [4.78, 5) is 7.91. The topological polar surface area (TPSA) is 42.2 Å². The highest BCUT2D eigenvalue weighted by molar-refractivity contribution is 7.13. The molecule has 4 rings (SSSR count). The number of hydrogen-bond acceptors (Lipinski definition) is 5. The zero-order valence-corrected chi connectivity index (χ0v) is 13.3. The van der Waals surface area contributed by atoms with E-state index in [9.17, 15) is 4.39 Å². The minimum absolute atomic E-state index is 0.194. The summed E-state index contributed by atoms with van der Waals surface area (Å²) in [5.74, 6) is 1.47. The first-order valence-corrected chi connectivity index (χ1v) is 8.50. The third-order valence-electron chi connectivity index (χ3n) is 4.12. The molecule has 3 aromatic rings. The van der Waals surface area contributed by atoms with Crippen LogP contribution in [-0.2, 0) is 6.54 Å². The van der Waals surface area contributed by atoms with Gasteiger partial charge in [-0.3, -0.25) is 4.90 Å². The van der Waals surface area contributed by atoms with Gasteiger partial charge in [0, 0.05) is 13.1 Å². The van der Waals surface area contributed by atoms with Crippen molar-refractivity contribution in [2.45, 2.75) is 18.9 Å². The molecular formula is C17H16FN3OS. The van der Waals surface area contributed by atoms with Gasteiger partial charge in [-0.2, -0.15) is 4.98 Å². The van der Waals surface area contributed by atoms with Crippen molar-refractivity contribution in [3.8, 4) is 10.7 Å². The minimum Gasteiger partial charge on any atom is -0.339 e. The molecule has 0 saturated carbocycles. The second kappa shape index (κ2) is 6.22. The van der Waals surface area contributed by atoms with Crippen LogP contribution in [0.1, 0.15) is 23.8 Å². The van der Waals surface area contributed by atoms with Crippen LogP contribution in [-0.4, -0.2) is 28.1 Å². The number of halogens is 1. The molecule has 1 saturated heterocycles. The Kier molecular flexibility index (Phi) is 3.93. The standard InChI is InChI=1S/C17H16FN3OS/c18-14-5-3-12(4-6-14)10-21-8-7-13(11-21)17-19-16(20-22-17)15-2-1-9-23-15/h1-6,9,13H,7-8,10-11H2. The lowest BCUT2D eigenvalue weighted by Crippen LogP contribution is -2.19. The molecule has 1 atom stereocenters. The highest BCUT2D eigenvalue weighted by atomic mass is 32.1. The van der Waals surface area contributed by atoms with Crippen molar-refractivity contribution in [2.75, 3.05) is 13.1 Å². The first kappa shape index (κ1) is 14.5. The number of thiophene rings is 1. The lowest BCUT2D eigenvalue weighted by atomic mass is 10.1. The van der Waals surface area contributed by atoms with Gasteiger partial charge >= 0.3 is 0 Å². The molecule has 0 spiro atoms. The first-order valence-electron chi connectivity index (χ1n) is 7.62. The molecule has 3 heterocycles. The molecule has 1 aliphatic heterocycles.